The topological polar surface area (TPSA) is 31.0 Å². The number of hydrogen-bond acceptors (Lipinski definition) is 3. The van der Waals surface area contributed by atoms with Gasteiger partial charge in [0.15, 0.2) is 8.32 Å². The van der Waals surface area contributed by atoms with E-state index in [1.807, 2.05) is 7.11 Å². The zero-order chi connectivity index (χ0) is 27.6. The zero-order valence-corrected chi connectivity index (χ0v) is 28.7. The predicted octanol–water partition coefficient (Wildman–Crippen LogP) is 9.69. The summed E-state index contributed by atoms with van der Waals surface area (Å²) in [5, 5.41) is 0. The SMILES string of the molecule is CCCC(C)(CC(C)(CCC1CCC2OC2C1)CC(C)(CC(C)(C)C[Si](C)(C)C)OC)O[Si](C)(C)C. The molecule has 1 aliphatic carbocycles. The fourth-order valence-electron chi connectivity index (χ4n) is 8.51. The molecule has 2 rings (SSSR count). The van der Waals surface area contributed by atoms with Crippen LogP contribution in [-0.2, 0) is 13.9 Å². The largest absolute Gasteiger partial charge is 0.412 e. The van der Waals surface area contributed by atoms with Crippen molar-refractivity contribution >= 4 is 16.4 Å². The maximum Gasteiger partial charge on any atom is 0.184 e. The van der Waals surface area contributed by atoms with Gasteiger partial charge in [-0.1, -0.05) is 59.8 Å². The molecular weight excluding hydrogens is 477 g/mol. The lowest BCUT2D eigenvalue weighted by molar-refractivity contribution is -0.0774. The summed E-state index contributed by atoms with van der Waals surface area (Å²) < 4.78 is 19.3. The van der Waals surface area contributed by atoms with Crippen LogP contribution in [0.3, 0.4) is 0 Å². The van der Waals surface area contributed by atoms with Gasteiger partial charge in [-0.25, -0.2) is 0 Å². The number of rotatable bonds is 16. The molecule has 6 atom stereocenters. The molecule has 0 aromatic heterocycles. The van der Waals surface area contributed by atoms with E-state index in [1.54, 1.807) is 0 Å². The Kier molecular flexibility index (Phi) is 10.7. The van der Waals surface area contributed by atoms with Crippen LogP contribution in [0.5, 0.6) is 0 Å². The van der Waals surface area contributed by atoms with E-state index in [0.29, 0.717) is 17.6 Å². The summed E-state index contributed by atoms with van der Waals surface area (Å²) >= 11 is 0. The maximum absolute atomic E-state index is 6.98. The molecule has 1 saturated heterocycles. The Bertz CT molecular complexity index is 697. The van der Waals surface area contributed by atoms with Crippen molar-refractivity contribution in [3.05, 3.63) is 0 Å². The van der Waals surface area contributed by atoms with Crippen molar-refractivity contribution in [1.29, 1.82) is 0 Å². The first-order valence-corrected chi connectivity index (χ1v) is 22.2. The molecule has 0 amide bonds. The quantitative estimate of drug-likeness (QED) is 0.144. The molecule has 5 heteroatoms. The van der Waals surface area contributed by atoms with Gasteiger partial charge in [-0.3, -0.25) is 0 Å². The van der Waals surface area contributed by atoms with Crippen molar-refractivity contribution in [2.24, 2.45) is 16.7 Å². The molecule has 1 saturated carbocycles. The van der Waals surface area contributed by atoms with E-state index < -0.39 is 16.4 Å². The van der Waals surface area contributed by atoms with Crippen LogP contribution in [0.4, 0.5) is 0 Å². The number of hydrogen-bond donors (Lipinski definition) is 0. The normalized spacial score (nSPS) is 28.1. The monoisotopic (exact) mass is 540 g/mol. The summed E-state index contributed by atoms with van der Waals surface area (Å²) in [6.45, 7) is 29.2. The molecule has 0 bridgehead atoms. The number of fused-ring (bicyclic) bond motifs is 1. The molecule has 0 N–H and O–H groups in total. The minimum atomic E-state index is -1.66. The van der Waals surface area contributed by atoms with Crippen LogP contribution in [-0.4, -0.2) is 46.9 Å². The third kappa shape index (κ3) is 11.2. The molecule has 6 unspecified atom stereocenters. The highest BCUT2D eigenvalue weighted by Gasteiger charge is 2.47. The first-order valence-electron chi connectivity index (χ1n) is 15.1. The van der Waals surface area contributed by atoms with Gasteiger partial charge in [0.2, 0.25) is 0 Å². The fraction of sp³-hybridized carbons (Fsp3) is 1.00. The average molecular weight is 541 g/mol. The van der Waals surface area contributed by atoms with Crippen molar-refractivity contribution in [3.63, 3.8) is 0 Å². The first-order chi connectivity index (χ1) is 16.2. The van der Waals surface area contributed by atoms with E-state index in [1.165, 1.54) is 44.6 Å². The summed E-state index contributed by atoms with van der Waals surface area (Å²) in [6, 6.07) is 1.34. The van der Waals surface area contributed by atoms with Crippen LogP contribution in [0.1, 0.15) is 106 Å². The highest BCUT2D eigenvalue weighted by atomic mass is 28.4. The summed E-state index contributed by atoms with van der Waals surface area (Å²) in [5.74, 6) is 0.820. The van der Waals surface area contributed by atoms with Gasteiger partial charge < -0.3 is 13.9 Å². The highest BCUT2D eigenvalue weighted by molar-refractivity contribution is 6.76. The maximum atomic E-state index is 6.98. The lowest BCUT2D eigenvalue weighted by atomic mass is 9.65. The second-order valence-electron chi connectivity index (χ2n) is 16.7. The minimum absolute atomic E-state index is 0.0618. The molecule has 1 heterocycles. The number of methoxy groups -OCH3 is 1. The Morgan fingerprint density at radius 3 is 1.92 bits per heavy atom. The molecule has 1 aliphatic heterocycles. The second-order valence-corrected chi connectivity index (χ2v) is 26.6. The van der Waals surface area contributed by atoms with E-state index in [9.17, 15) is 0 Å². The van der Waals surface area contributed by atoms with Crippen molar-refractivity contribution in [1.82, 2.24) is 0 Å². The van der Waals surface area contributed by atoms with E-state index in [0.717, 1.165) is 31.6 Å². The van der Waals surface area contributed by atoms with Gasteiger partial charge in [0.05, 0.1) is 23.4 Å². The van der Waals surface area contributed by atoms with Gasteiger partial charge in [-0.05, 0) is 108 Å². The van der Waals surface area contributed by atoms with Gasteiger partial charge in [-0.2, -0.15) is 0 Å². The van der Waals surface area contributed by atoms with Crippen LogP contribution < -0.4 is 0 Å². The lowest BCUT2D eigenvalue weighted by Gasteiger charge is -2.48. The third-order valence-corrected chi connectivity index (χ3v) is 11.7. The van der Waals surface area contributed by atoms with Crippen LogP contribution in [0, 0.1) is 16.7 Å². The van der Waals surface area contributed by atoms with E-state index in [4.69, 9.17) is 13.9 Å². The van der Waals surface area contributed by atoms with E-state index in [-0.39, 0.29) is 16.6 Å². The Morgan fingerprint density at radius 2 is 1.42 bits per heavy atom. The van der Waals surface area contributed by atoms with Gasteiger partial charge in [-0.15, -0.1) is 0 Å². The fourth-order valence-corrected chi connectivity index (χ4v) is 13.2. The molecule has 2 aliphatic rings. The third-order valence-electron chi connectivity index (χ3n) is 8.56. The Hall–Kier alpha value is 0.314. The molecule has 36 heavy (non-hydrogen) atoms. The van der Waals surface area contributed by atoms with Crippen LogP contribution >= 0.6 is 0 Å². The Balaban J connectivity index is 2.27. The van der Waals surface area contributed by atoms with Crippen molar-refractivity contribution in [3.8, 4) is 0 Å². The van der Waals surface area contributed by atoms with Crippen molar-refractivity contribution in [2.75, 3.05) is 7.11 Å². The smallest absolute Gasteiger partial charge is 0.184 e. The summed E-state index contributed by atoms with van der Waals surface area (Å²) in [4.78, 5) is 0. The van der Waals surface area contributed by atoms with Gasteiger partial charge in [0.1, 0.15) is 0 Å². The Labute approximate surface area is 228 Å². The molecule has 214 valence electrons. The van der Waals surface area contributed by atoms with Crippen molar-refractivity contribution < 1.29 is 13.9 Å². The van der Waals surface area contributed by atoms with Gasteiger partial charge in [0, 0.05) is 15.2 Å². The summed E-state index contributed by atoms with van der Waals surface area (Å²) in [7, 11) is -0.867. The molecule has 3 nitrogen and oxygen atoms in total. The second kappa shape index (κ2) is 11.8. The highest BCUT2D eigenvalue weighted by Crippen LogP contribution is 2.50. The zero-order valence-electron chi connectivity index (χ0n) is 26.7. The molecule has 0 aromatic rings. The van der Waals surface area contributed by atoms with E-state index in [2.05, 4.69) is 80.8 Å². The number of ether oxygens (including phenoxy) is 2. The first kappa shape index (κ1) is 32.5. The van der Waals surface area contributed by atoms with Crippen LogP contribution in [0.25, 0.3) is 0 Å². The minimum Gasteiger partial charge on any atom is -0.412 e. The van der Waals surface area contributed by atoms with Crippen molar-refractivity contribution in [2.45, 2.75) is 174 Å². The Morgan fingerprint density at radius 1 is 0.806 bits per heavy atom. The molecule has 2 fully saturated rings. The van der Waals surface area contributed by atoms with Crippen LogP contribution in [0.15, 0.2) is 0 Å². The molecular formula is C31H64O3Si2. The molecule has 0 radical (unpaired) electrons. The standard InChI is InChI=1S/C31H64O3Si2/c1-14-18-30(5,34-36(11,12)13)22-29(4,19-17-25-15-16-26-27(20-25)33-26)23-31(6,32-7)21-28(2,3)24-35(8,9)10/h25-27H,14-24H2,1-13H3. The van der Waals surface area contributed by atoms with Gasteiger partial charge >= 0.3 is 0 Å². The van der Waals surface area contributed by atoms with Crippen LogP contribution in [0.2, 0.25) is 45.3 Å². The summed E-state index contributed by atoms with van der Waals surface area (Å²) in [5.41, 5.74) is 0.291. The average Bonchev–Trinajstić information content (AvgIpc) is 3.40. The summed E-state index contributed by atoms with van der Waals surface area (Å²) in [6.07, 6.45) is 13.3. The lowest BCUT2D eigenvalue weighted by Crippen LogP contribution is -2.47. The number of epoxide rings is 1. The van der Waals surface area contributed by atoms with Gasteiger partial charge in [0.25, 0.3) is 0 Å². The molecule has 0 aromatic carbocycles. The predicted molar refractivity (Wildman–Crippen MR) is 162 cm³/mol. The van der Waals surface area contributed by atoms with E-state index >= 15 is 0 Å². The molecule has 0 spiro atoms.